The molecule has 34 heavy (non-hydrogen) atoms. The van der Waals surface area contributed by atoms with Crippen LogP contribution in [0.15, 0.2) is 47.5 Å². The van der Waals surface area contributed by atoms with Gasteiger partial charge in [-0.3, -0.25) is 14.6 Å². The van der Waals surface area contributed by atoms with Crippen LogP contribution in [-0.2, 0) is 13.1 Å². The molecule has 0 bridgehead atoms. The molecule has 0 aliphatic carbocycles. The fourth-order valence-electron chi connectivity index (χ4n) is 4.44. The lowest BCUT2D eigenvalue weighted by Crippen LogP contribution is -2.28. The standard InChI is InChI=1S/C27H31N5O2/c1-15(2)32-14-17(4)25-22(26(33)30-13-23-16(3)8-18(5)31-27(23)34)9-20(10-24(25)32)19-6-7-21(11-28)29-12-19/h6-10,12,14-15H,11,13,28H2,1-5H3,(H,30,33)(H,31,34). The molecule has 0 saturated heterocycles. The third-order valence-electron chi connectivity index (χ3n) is 6.21. The molecule has 0 spiro atoms. The van der Waals surface area contributed by atoms with Crippen molar-refractivity contribution in [3.63, 3.8) is 0 Å². The Kier molecular flexibility index (Phi) is 6.39. The summed E-state index contributed by atoms with van der Waals surface area (Å²) in [4.78, 5) is 33.1. The van der Waals surface area contributed by atoms with Gasteiger partial charge in [-0.25, -0.2) is 0 Å². The maximum absolute atomic E-state index is 13.5. The van der Waals surface area contributed by atoms with Crippen molar-refractivity contribution in [2.24, 2.45) is 5.73 Å². The van der Waals surface area contributed by atoms with E-state index in [1.807, 2.05) is 45.0 Å². The van der Waals surface area contributed by atoms with Crippen molar-refractivity contribution in [2.45, 2.75) is 53.8 Å². The number of H-pyrrole nitrogens is 1. The summed E-state index contributed by atoms with van der Waals surface area (Å²) in [5, 5.41) is 3.88. The van der Waals surface area contributed by atoms with E-state index in [-0.39, 0.29) is 24.1 Å². The second-order valence-electron chi connectivity index (χ2n) is 9.10. The van der Waals surface area contributed by atoms with Crippen molar-refractivity contribution in [1.29, 1.82) is 0 Å². The normalized spacial score (nSPS) is 11.4. The molecule has 0 aliphatic heterocycles. The van der Waals surface area contributed by atoms with Crippen LogP contribution >= 0.6 is 0 Å². The van der Waals surface area contributed by atoms with E-state index in [0.29, 0.717) is 17.7 Å². The van der Waals surface area contributed by atoms with Crippen LogP contribution in [0.4, 0.5) is 0 Å². The number of pyridine rings is 2. The third-order valence-corrected chi connectivity index (χ3v) is 6.21. The van der Waals surface area contributed by atoms with E-state index in [9.17, 15) is 9.59 Å². The Labute approximate surface area is 199 Å². The lowest BCUT2D eigenvalue weighted by Gasteiger charge is -2.14. The molecule has 0 fully saturated rings. The average Bonchev–Trinajstić information content (AvgIpc) is 3.14. The van der Waals surface area contributed by atoms with E-state index in [1.54, 1.807) is 6.20 Å². The number of aryl methyl sites for hydroxylation is 3. The van der Waals surface area contributed by atoms with Crippen LogP contribution in [0.2, 0.25) is 0 Å². The minimum Gasteiger partial charge on any atom is -0.348 e. The minimum atomic E-state index is -0.220. The molecule has 0 aliphatic rings. The van der Waals surface area contributed by atoms with Crippen LogP contribution < -0.4 is 16.6 Å². The molecular weight excluding hydrogens is 426 g/mol. The lowest BCUT2D eigenvalue weighted by atomic mass is 9.98. The molecule has 1 amide bonds. The number of benzene rings is 1. The first kappa shape index (κ1) is 23.4. The molecule has 4 N–H and O–H groups in total. The van der Waals surface area contributed by atoms with Gasteiger partial charge in [0.25, 0.3) is 11.5 Å². The number of aromatic amines is 1. The van der Waals surface area contributed by atoms with Crippen LogP contribution in [0.25, 0.3) is 22.0 Å². The van der Waals surface area contributed by atoms with Crippen molar-refractivity contribution in [1.82, 2.24) is 19.9 Å². The molecule has 0 unspecified atom stereocenters. The van der Waals surface area contributed by atoms with Gasteiger partial charge in [0.1, 0.15) is 0 Å². The first-order chi connectivity index (χ1) is 16.2. The summed E-state index contributed by atoms with van der Waals surface area (Å²) >= 11 is 0. The summed E-state index contributed by atoms with van der Waals surface area (Å²) in [6.45, 7) is 10.5. The zero-order chi connectivity index (χ0) is 24.6. The van der Waals surface area contributed by atoms with Crippen molar-refractivity contribution >= 4 is 16.8 Å². The monoisotopic (exact) mass is 457 g/mol. The highest BCUT2D eigenvalue weighted by molar-refractivity contribution is 6.09. The van der Waals surface area contributed by atoms with Gasteiger partial charge in [-0.05, 0) is 75.6 Å². The fraction of sp³-hybridized carbons (Fsp3) is 0.296. The Hall–Kier alpha value is -3.71. The topological polar surface area (TPSA) is 106 Å². The van der Waals surface area contributed by atoms with Gasteiger partial charge in [0, 0.05) is 64.8 Å². The Morgan fingerprint density at radius 3 is 2.50 bits per heavy atom. The zero-order valence-electron chi connectivity index (χ0n) is 20.3. The van der Waals surface area contributed by atoms with Crippen molar-refractivity contribution in [3.8, 4) is 11.1 Å². The summed E-state index contributed by atoms with van der Waals surface area (Å²) in [6, 6.07) is 10.0. The van der Waals surface area contributed by atoms with E-state index in [2.05, 4.69) is 46.0 Å². The molecule has 7 heteroatoms. The number of nitrogens with zero attached hydrogens (tertiary/aromatic N) is 2. The maximum atomic E-state index is 13.5. The highest BCUT2D eigenvalue weighted by atomic mass is 16.1. The molecule has 7 nitrogen and oxygen atoms in total. The van der Waals surface area contributed by atoms with Crippen LogP contribution in [0, 0.1) is 20.8 Å². The second-order valence-corrected chi connectivity index (χ2v) is 9.10. The molecule has 3 aromatic heterocycles. The van der Waals surface area contributed by atoms with Crippen molar-refractivity contribution in [3.05, 3.63) is 86.7 Å². The van der Waals surface area contributed by atoms with Crippen LogP contribution in [0.3, 0.4) is 0 Å². The summed E-state index contributed by atoms with van der Waals surface area (Å²) in [5.41, 5.74) is 13.0. The van der Waals surface area contributed by atoms with Gasteiger partial charge in [-0.2, -0.15) is 0 Å². The first-order valence-electron chi connectivity index (χ1n) is 11.5. The lowest BCUT2D eigenvalue weighted by molar-refractivity contribution is 0.0952. The summed E-state index contributed by atoms with van der Waals surface area (Å²) in [7, 11) is 0. The number of nitrogens with one attached hydrogen (secondary N) is 2. The zero-order valence-corrected chi connectivity index (χ0v) is 20.3. The molecule has 1 aromatic carbocycles. The van der Waals surface area contributed by atoms with Crippen LogP contribution in [0.5, 0.6) is 0 Å². The number of fused-ring (bicyclic) bond motifs is 1. The van der Waals surface area contributed by atoms with E-state index < -0.39 is 0 Å². The smallest absolute Gasteiger partial charge is 0.253 e. The van der Waals surface area contributed by atoms with Crippen molar-refractivity contribution < 1.29 is 4.79 Å². The largest absolute Gasteiger partial charge is 0.348 e. The third kappa shape index (κ3) is 4.39. The molecule has 0 radical (unpaired) electrons. The second kappa shape index (κ2) is 9.27. The number of aromatic nitrogens is 3. The number of hydrogen-bond acceptors (Lipinski definition) is 4. The van der Waals surface area contributed by atoms with Crippen LogP contribution in [0.1, 0.15) is 58.3 Å². The van der Waals surface area contributed by atoms with Gasteiger partial charge in [-0.1, -0.05) is 6.07 Å². The Bertz CT molecular complexity index is 1430. The SMILES string of the molecule is Cc1cc(C)c(CNC(=O)c2cc(-c3ccc(CN)nc3)cc3c2c(C)cn3C(C)C)c(=O)[nH]1. The Morgan fingerprint density at radius 2 is 1.88 bits per heavy atom. The van der Waals surface area contributed by atoms with Gasteiger partial charge < -0.3 is 20.6 Å². The summed E-state index contributed by atoms with van der Waals surface area (Å²) in [6.07, 6.45) is 3.87. The van der Waals surface area contributed by atoms with E-state index in [4.69, 9.17) is 5.73 Å². The van der Waals surface area contributed by atoms with Crippen LogP contribution in [-0.4, -0.2) is 20.4 Å². The molecule has 4 aromatic rings. The fourth-order valence-corrected chi connectivity index (χ4v) is 4.44. The van der Waals surface area contributed by atoms with Gasteiger partial charge >= 0.3 is 0 Å². The van der Waals surface area contributed by atoms with E-state index in [1.165, 1.54) is 0 Å². The van der Waals surface area contributed by atoms with Gasteiger partial charge in [0.05, 0.1) is 5.69 Å². The first-order valence-corrected chi connectivity index (χ1v) is 11.5. The number of nitrogens with two attached hydrogens (primary N) is 1. The molecule has 4 rings (SSSR count). The summed E-state index contributed by atoms with van der Waals surface area (Å²) < 4.78 is 2.18. The Balaban J connectivity index is 1.80. The maximum Gasteiger partial charge on any atom is 0.253 e. The number of rotatable bonds is 6. The summed E-state index contributed by atoms with van der Waals surface area (Å²) in [5.74, 6) is -0.220. The predicted molar refractivity (Wildman–Crippen MR) is 136 cm³/mol. The Morgan fingerprint density at radius 1 is 1.12 bits per heavy atom. The van der Waals surface area contributed by atoms with Gasteiger partial charge in [0.15, 0.2) is 0 Å². The molecule has 0 saturated carbocycles. The molecular formula is C27H31N5O2. The molecule has 3 heterocycles. The minimum absolute atomic E-state index is 0.155. The highest BCUT2D eigenvalue weighted by Gasteiger charge is 2.19. The number of hydrogen-bond donors (Lipinski definition) is 3. The quantitative estimate of drug-likeness (QED) is 0.402. The number of carbonyl (C=O) groups excluding carboxylic acids is 1. The highest BCUT2D eigenvalue weighted by Crippen LogP contribution is 2.33. The van der Waals surface area contributed by atoms with Gasteiger partial charge in [0.2, 0.25) is 0 Å². The van der Waals surface area contributed by atoms with E-state index >= 15 is 0 Å². The van der Waals surface area contributed by atoms with E-state index in [0.717, 1.165) is 44.5 Å². The van der Waals surface area contributed by atoms with Crippen molar-refractivity contribution in [2.75, 3.05) is 0 Å². The average molecular weight is 458 g/mol. The number of amides is 1. The number of carbonyl (C=O) groups is 1. The molecule has 176 valence electrons. The predicted octanol–water partition coefficient (Wildman–Crippen LogP) is 4.29. The van der Waals surface area contributed by atoms with Gasteiger partial charge in [-0.15, -0.1) is 0 Å². The molecule has 0 atom stereocenters.